The summed E-state index contributed by atoms with van der Waals surface area (Å²) in [5.41, 5.74) is 9.96. The van der Waals surface area contributed by atoms with Gasteiger partial charge in [0.15, 0.2) is 11.6 Å². The van der Waals surface area contributed by atoms with E-state index >= 15 is 0 Å². The van der Waals surface area contributed by atoms with E-state index in [2.05, 4.69) is 33.6 Å². The molecule has 0 amide bonds. The molecule has 0 aliphatic carbocycles. The Bertz CT molecular complexity index is 1050. The van der Waals surface area contributed by atoms with Crippen LogP contribution in [0, 0.1) is 6.92 Å². The Morgan fingerprint density at radius 2 is 2.15 bits per heavy atom. The molecule has 1 fully saturated rings. The lowest BCUT2D eigenvalue weighted by molar-refractivity contribution is 0.227. The summed E-state index contributed by atoms with van der Waals surface area (Å²) in [5.74, 6) is 0.863. The maximum atomic E-state index is 6.53. The molecule has 1 unspecified atom stereocenters. The number of hydrogen-bond acceptors (Lipinski definition) is 5. The van der Waals surface area contributed by atoms with Gasteiger partial charge in [-0.15, -0.1) is 0 Å². The van der Waals surface area contributed by atoms with E-state index in [1.807, 2.05) is 38.2 Å². The van der Waals surface area contributed by atoms with E-state index in [-0.39, 0.29) is 6.10 Å². The van der Waals surface area contributed by atoms with Crippen LogP contribution in [0.2, 0.25) is 10.0 Å². The molecule has 7 heteroatoms. The second kappa shape index (κ2) is 10.8. The van der Waals surface area contributed by atoms with Crippen LogP contribution in [0.5, 0.6) is 5.75 Å². The number of aryl methyl sites for hydroxylation is 1. The van der Waals surface area contributed by atoms with Crippen molar-refractivity contribution in [1.29, 1.82) is 0 Å². The summed E-state index contributed by atoms with van der Waals surface area (Å²) in [6.45, 7) is 7.05. The van der Waals surface area contributed by atoms with Gasteiger partial charge < -0.3 is 20.7 Å². The zero-order chi connectivity index (χ0) is 23.4. The molecule has 0 saturated carbocycles. The standard InChI is InChI=1S/C26H32Cl2N4O/c1-17-9-10-22(27)24(25(17)28)18(2)33-23-13-20(14-31-26(23)29)19-7-4-3-5-12-32(15-19)16-21-8-6-11-30-21/h4,7,9-10,13-15,18,21,30H,3,5-6,8,11-12,16H2,1-2H3,(H2,29,31)/b7-4+,19-15+/t18?,21-/m0/s1. The number of nitrogen functional groups attached to an aromatic ring is 1. The van der Waals surface area contributed by atoms with Crippen LogP contribution in [0.4, 0.5) is 5.82 Å². The number of benzene rings is 1. The fraction of sp³-hybridized carbons (Fsp3) is 0.423. The van der Waals surface area contributed by atoms with Gasteiger partial charge in [0.05, 0.1) is 5.02 Å². The second-order valence-electron chi connectivity index (χ2n) is 8.88. The van der Waals surface area contributed by atoms with Gasteiger partial charge in [0.2, 0.25) is 0 Å². The van der Waals surface area contributed by atoms with Crippen LogP contribution in [0.15, 0.2) is 42.7 Å². The number of nitrogens with zero attached hydrogens (tertiary/aromatic N) is 2. The quantitative estimate of drug-likeness (QED) is 0.511. The molecule has 2 aromatic rings. The predicted molar refractivity (Wildman–Crippen MR) is 138 cm³/mol. The van der Waals surface area contributed by atoms with Gasteiger partial charge in [0, 0.05) is 47.7 Å². The average Bonchev–Trinajstić information content (AvgIpc) is 3.28. The first-order chi connectivity index (χ1) is 15.9. The highest BCUT2D eigenvalue weighted by Gasteiger charge is 2.20. The molecule has 4 rings (SSSR count). The molecule has 0 radical (unpaired) electrons. The predicted octanol–water partition coefficient (Wildman–Crippen LogP) is 6.16. The van der Waals surface area contributed by atoms with Gasteiger partial charge >= 0.3 is 0 Å². The highest BCUT2D eigenvalue weighted by atomic mass is 35.5. The number of ether oxygens (including phenoxy) is 1. The molecule has 0 bridgehead atoms. The lowest BCUT2D eigenvalue weighted by Crippen LogP contribution is -2.35. The van der Waals surface area contributed by atoms with Crippen molar-refractivity contribution in [3.8, 4) is 5.75 Å². The smallest absolute Gasteiger partial charge is 0.166 e. The zero-order valence-electron chi connectivity index (χ0n) is 19.3. The van der Waals surface area contributed by atoms with Crippen LogP contribution >= 0.6 is 23.2 Å². The summed E-state index contributed by atoms with van der Waals surface area (Å²) >= 11 is 13.0. The maximum Gasteiger partial charge on any atom is 0.166 e. The van der Waals surface area contributed by atoms with Crippen molar-refractivity contribution < 1.29 is 4.74 Å². The van der Waals surface area contributed by atoms with E-state index < -0.39 is 0 Å². The van der Waals surface area contributed by atoms with Crippen molar-refractivity contribution in [3.05, 3.63) is 69.5 Å². The number of rotatable bonds is 6. The Kier molecular flexibility index (Phi) is 7.84. The monoisotopic (exact) mass is 486 g/mol. The third kappa shape index (κ3) is 5.84. The number of aromatic nitrogens is 1. The minimum absolute atomic E-state index is 0.341. The largest absolute Gasteiger partial charge is 0.482 e. The Morgan fingerprint density at radius 1 is 1.30 bits per heavy atom. The molecule has 3 N–H and O–H groups in total. The first-order valence-electron chi connectivity index (χ1n) is 11.6. The molecule has 2 aliphatic heterocycles. The summed E-state index contributed by atoms with van der Waals surface area (Å²) in [6, 6.07) is 6.25. The first kappa shape index (κ1) is 23.9. The highest BCUT2D eigenvalue weighted by Crippen LogP contribution is 2.37. The Balaban J connectivity index is 1.59. The van der Waals surface area contributed by atoms with Gasteiger partial charge in [-0.3, -0.25) is 0 Å². The van der Waals surface area contributed by atoms with Crippen molar-refractivity contribution in [2.24, 2.45) is 0 Å². The third-order valence-electron chi connectivity index (χ3n) is 6.30. The minimum atomic E-state index is -0.379. The SMILES string of the molecule is Cc1ccc(Cl)c(C(C)Oc2cc(C3=C/N(C[C@@H]4CCCN4)CCC\C=C\3)cnc2N)c1Cl. The minimum Gasteiger partial charge on any atom is -0.482 e. The van der Waals surface area contributed by atoms with E-state index in [0.29, 0.717) is 27.7 Å². The summed E-state index contributed by atoms with van der Waals surface area (Å²) in [5, 5.41) is 4.78. The molecule has 0 spiro atoms. The molecular weight excluding hydrogens is 455 g/mol. The van der Waals surface area contributed by atoms with Gasteiger partial charge in [0.25, 0.3) is 0 Å². The van der Waals surface area contributed by atoms with Gasteiger partial charge in [-0.05, 0) is 69.3 Å². The number of allylic oxidation sites excluding steroid dienone is 3. The molecular formula is C26H32Cl2N4O. The molecule has 33 heavy (non-hydrogen) atoms. The van der Waals surface area contributed by atoms with Crippen molar-refractivity contribution in [2.45, 2.75) is 51.7 Å². The van der Waals surface area contributed by atoms with Crippen LogP contribution in [0.25, 0.3) is 5.57 Å². The van der Waals surface area contributed by atoms with Gasteiger partial charge in [-0.2, -0.15) is 0 Å². The number of nitrogens with two attached hydrogens (primary N) is 1. The van der Waals surface area contributed by atoms with Crippen LogP contribution in [0.3, 0.4) is 0 Å². The first-order valence-corrected chi connectivity index (χ1v) is 12.4. The molecule has 3 heterocycles. The van der Waals surface area contributed by atoms with Crippen LogP contribution in [-0.4, -0.2) is 35.6 Å². The van der Waals surface area contributed by atoms with Crippen LogP contribution in [0.1, 0.15) is 55.4 Å². The summed E-state index contributed by atoms with van der Waals surface area (Å²) < 4.78 is 6.24. The van der Waals surface area contributed by atoms with E-state index in [0.717, 1.165) is 54.7 Å². The van der Waals surface area contributed by atoms with Gasteiger partial charge in [-0.1, -0.05) is 41.4 Å². The number of halogens is 2. The van der Waals surface area contributed by atoms with Crippen LogP contribution in [-0.2, 0) is 0 Å². The van der Waals surface area contributed by atoms with E-state index in [1.54, 1.807) is 0 Å². The highest BCUT2D eigenvalue weighted by molar-refractivity contribution is 6.36. The molecule has 5 nitrogen and oxygen atoms in total. The summed E-state index contributed by atoms with van der Waals surface area (Å²) in [4.78, 5) is 6.85. The van der Waals surface area contributed by atoms with E-state index in [1.165, 1.54) is 12.8 Å². The Labute approximate surface area is 206 Å². The Hall–Kier alpha value is -2.21. The van der Waals surface area contributed by atoms with Crippen molar-refractivity contribution in [2.75, 3.05) is 25.4 Å². The molecule has 2 atom stereocenters. The van der Waals surface area contributed by atoms with Gasteiger partial charge in [-0.25, -0.2) is 4.98 Å². The number of nitrogens with one attached hydrogen (secondary N) is 1. The molecule has 1 aromatic heterocycles. The van der Waals surface area contributed by atoms with E-state index in [4.69, 9.17) is 33.7 Å². The second-order valence-corrected chi connectivity index (χ2v) is 9.66. The van der Waals surface area contributed by atoms with Crippen molar-refractivity contribution >= 4 is 34.6 Å². The molecule has 1 aromatic carbocycles. The van der Waals surface area contributed by atoms with E-state index in [9.17, 15) is 0 Å². The molecule has 1 saturated heterocycles. The fourth-order valence-corrected chi connectivity index (χ4v) is 5.12. The zero-order valence-corrected chi connectivity index (χ0v) is 20.8. The lowest BCUT2D eigenvalue weighted by Gasteiger charge is -2.26. The Morgan fingerprint density at radius 3 is 2.94 bits per heavy atom. The summed E-state index contributed by atoms with van der Waals surface area (Å²) in [6.07, 6.45) is 12.8. The average molecular weight is 487 g/mol. The van der Waals surface area contributed by atoms with Crippen LogP contribution < -0.4 is 15.8 Å². The fourth-order valence-electron chi connectivity index (χ4n) is 4.44. The van der Waals surface area contributed by atoms with Gasteiger partial charge in [0.1, 0.15) is 6.10 Å². The topological polar surface area (TPSA) is 63.4 Å². The number of pyridine rings is 1. The van der Waals surface area contributed by atoms with Crippen molar-refractivity contribution in [3.63, 3.8) is 0 Å². The third-order valence-corrected chi connectivity index (χ3v) is 7.13. The van der Waals surface area contributed by atoms with Crippen molar-refractivity contribution in [1.82, 2.24) is 15.2 Å². The molecule has 2 aliphatic rings. The maximum absolute atomic E-state index is 6.53. The normalized spacial score (nSPS) is 22.2. The number of hydrogen-bond donors (Lipinski definition) is 2. The molecule has 176 valence electrons. The lowest BCUT2D eigenvalue weighted by atomic mass is 10.0. The summed E-state index contributed by atoms with van der Waals surface area (Å²) in [7, 11) is 0. The number of anilines is 1.